The van der Waals surface area contributed by atoms with Gasteiger partial charge in [-0.05, 0) is 24.3 Å². The molecule has 1 N–H and O–H groups in total. The van der Waals surface area contributed by atoms with E-state index in [1.54, 1.807) is 0 Å². The van der Waals surface area contributed by atoms with E-state index in [4.69, 9.17) is 11.2 Å². The lowest BCUT2D eigenvalue weighted by atomic mass is 10.2. The van der Waals surface area contributed by atoms with Crippen LogP contribution in [0.3, 0.4) is 0 Å². The summed E-state index contributed by atoms with van der Waals surface area (Å²) >= 11 is 0. The van der Waals surface area contributed by atoms with E-state index >= 15 is 0 Å². The van der Waals surface area contributed by atoms with Crippen molar-refractivity contribution >= 4 is 22.0 Å². The van der Waals surface area contributed by atoms with Crippen LogP contribution in [0.1, 0.15) is 16.8 Å². The van der Waals surface area contributed by atoms with Crippen molar-refractivity contribution in [2.24, 2.45) is 0 Å². The molecule has 1 saturated heterocycles. The van der Waals surface area contributed by atoms with Crippen molar-refractivity contribution in [2.75, 3.05) is 13.2 Å². The summed E-state index contributed by atoms with van der Waals surface area (Å²) in [4.78, 5) is 23.1. The third-order valence-corrected chi connectivity index (χ3v) is 4.32. The number of rotatable bonds is 5. The van der Waals surface area contributed by atoms with Gasteiger partial charge in [0.1, 0.15) is 0 Å². The summed E-state index contributed by atoms with van der Waals surface area (Å²) in [5.74, 6) is 0.864. The van der Waals surface area contributed by atoms with Crippen molar-refractivity contribution in [3.05, 3.63) is 29.8 Å². The van der Waals surface area contributed by atoms with Gasteiger partial charge < -0.3 is 9.47 Å². The molecular weight excluding hydrogens is 310 g/mol. The first-order chi connectivity index (χ1) is 10.4. The number of nitrogens with one attached hydrogen (secondary N) is 1. The predicted molar refractivity (Wildman–Crippen MR) is 75.2 cm³/mol. The van der Waals surface area contributed by atoms with E-state index in [1.807, 2.05) is 0 Å². The fourth-order valence-electron chi connectivity index (χ4n) is 1.77. The van der Waals surface area contributed by atoms with Crippen molar-refractivity contribution in [1.82, 2.24) is 4.72 Å². The van der Waals surface area contributed by atoms with Crippen molar-refractivity contribution in [3.63, 3.8) is 0 Å². The van der Waals surface area contributed by atoms with Gasteiger partial charge in [-0.3, -0.25) is 0 Å². The summed E-state index contributed by atoms with van der Waals surface area (Å²) in [5.41, 5.74) is 0.135. The van der Waals surface area contributed by atoms with Gasteiger partial charge in [0, 0.05) is 6.42 Å². The first-order valence-electron chi connectivity index (χ1n) is 6.35. The molecule has 7 nitrogen and oxygen atoms in total. The van der Waals surface area contributed by atoms with Gasteiger partial charge >= 0.3 is 11.9 Å². The number of terminal acetylenes is 1. The molecule has 0 radical (unpaired) electrons. The highest BCUT2D eigenvalue weighted by molar-refractivity contribution is 7.89. The number of esters is 2. The summed E-state index contributed by atoms with van der Waals surface area (Å²) in [5, 5.41) is 0. The van der Waals surface area contributed by atoms with Crippen LogP contribution in [0.25, 0.3) is 0 Å². The Morgan fingerprint density at radius 3 is 2.64 bits per heavy atom. The van der Waals surface area contributed by atoms with E-state index in [0.717, 1.165) is 0 Å². The molecule has 1 atom stereocenters. The van der Waals surface area contributed by atoms with E-state index in [2.05, 4.69) is 15.4 Å². The molecule has 1 aliphatic rings. The van der Waals surface area contributed by atoms with Gasteiger partial charge in [-0.1, -0.05) is 5.92 Å². The third kappa shape index (κ3) is 3.63. The zero-order valence-electron chi connectivity index (χ0n) is 11.4. The van der Waals surface area contributed by atoms with Gasteiger partial charge in [0.05, 0.1) is 23.6 Å². The first-order valence-corrected chi connectivity index (χ1v) is 7.83. The third-order valence-electron chi connectivity index (χ3n) is 2.90. The minimum Gasteiger partial charge on any atom is -0.463 e. The van der Waals surface area contributed by atoms with Crippen LogP contribution in [0.5, 0.6) is 0 Å². The molecule has 0 spiro atoms. The average molecular weight is 323 g/mol. The Morgan fingerprint density at radius 1 is 1.41 bits per heavy atom. The molecule has 8 heteroatoms. The molecule has 0 amide bonds. The number of carbonyl (C=O) groups is 2. The molecule has 0 unspecified atom stereocenters. The lowest BCUT2D eigenvalue weighted by Crippen LogP contribution is -2.24. The molecule has 1 aromatic rings. The average Bonchev–Trinajstić information content (AvgIpc) is 2.90. The van der Waals surface area contributed by atoms with Crippen LogP contribution in [0, 0.1) is 12.3 Å². The van der Waals surface area contributed by atoms with E-state index in [1.165, 1.54) is 24.3 Å². The summed E-state index contributed by atoms with van der Waals surface area (Å²) < 4.78 is 35.5. The Bertz CT molecular complexity index is 717. The van der Waals surface area contributed by atoms with Gasteiger partial charge in [-0.2, -0.15) is 4.72 Å². The smallest absolute Gasteiger partial charge is 0.347 e. The highest BCUT2D eigenvalue weighted by Crippen LogP contribution is 2.15. The molecule has 116 valence electrons. The van der Waals surface area contributed by atoms with Crippen LogP contribution in [0.4, 0.5) is 0 Å². The summed E-state index contributed by atoms with van der Waals surface area (Å²) in [6.07, 6.45) is 4.39. The minimum absolute atomic E-state index is 0.0282. The van der Waals surface area contributed by atoms with Crippen LogP contribution in [-0.2, 0) is 24.3 Å². The van der Waals surface area contributed by atoms with Gasteiger partial charge in [-0.25, -0.2) is 18.0 Å². The van der Waals surface area contributed by atoms with Crippen LogP contribution >= 0.6 is 0 Å². The highest BCUT2D eigenvalue weighted by Gasteiger charge is 2.30. The van der Waals surface area contributed by atoms with E-state index in [0.29, 0.717) is 6.42 Å². The Balaban J connectivity index is 2.07. The van der Waals surface area contributed by atoms with E-state index < -0.39 is 28.1 Å². The number of carbonyl (C=O) groups excluding carboxylic acids is 2. The Hall–Kier alpha value is -2.37. The lowest BCUT2D eigenvalue weighted by molar-refractivity contribution is -0.145. The van der Waals surface area contributed by atoms with Crippen LogP contribution in [0.15, 0.2) is 29.2 Å². The summed E-state index contributed by atoms with van der Waals surface area (Å²) in [6.45, 7) is 0.0880. The zero-order chi connectivity index (χ0) is 16.2. The second-order valence-electron chi connectivity index (χ2n) is 4.40. The summed E-state index contributed by atoms with van der Waals surface area (Å²) in [7, 11) is -3.71. The van der Waals surface area contributed by atoms with Crippen molar-refractivity contribution in [3.8, 4) is 12.3 Å². The highest BCUT2D eigenvalue weighted by atomic mass is 32.2. The zero-order valence-corrected chi connectivity index (χ0v) is 12.3. The van der Waals surface area contributed by atoms with E-state index in [9.17, 15) is 18.0 Å². The Kier molecular flexibility index (Phi) is 4.80. The largest absolute Gasteiger partial charge is 0.463 e. The molecule has 0 aromatic heterocycles. The number of cyclic esters (lactones) is 1. The van der Waals surface area contributed by atoms with Gasteiger partial charge in [-0.15, -0.1) is 6.42 Å². The monoisotopic (exact) mass is 323 g/mol. The number of ether oxygens (including phenoxy) is 2. The maximum atomic E-state index is 11.9. The van der Waals surface area contributed by atoms with Gasteiger partial charge in [0.2, 0.25) is 16.1 Å². The molecule has 0 saturated carbocycles. The maximum Gasteiger partial charge on any atom is 0.347 e. The number of benzene rings is 1. The van der Waals surface area contributed by atoms with Crippen molar-refractivity contribution < 1.29 is 27.5 Å². The van der Waals surface area contributed by atoms with Crippen molar-refractivity contribution in [2.45, 2.75) is 17.4 Å². The Morgan fingerprint density at radius 2 is 2.09 bits per heavy atom. The number of hydrogen-bond acceptors (Lipinski definition) is 6. The molecule has 1 fully saturated rings. The fourth-order valence-corrected chi connectivity index (χ4v) is 2.71. The summed E-state index contributed by atoms with van der Waals surface area (Å²) in [6, 6.07) is 5.10. The topological polar surface area (TPSA) is 98.8 Å². The van der Waals surface area contributed by atoms with Crippen LogP contribution < -0.4 is 4.72 Å². The van der Waals surface area contributed by atoms with Crippen LogP contribution in [0.2, 0.25) is 0 Å². The normalized spacial score (nSPS) is 17.6. The number of hydrogen-bond donors (Lipinski definition) is 1. The second-order valence-corrected chi connectivity index (χ2v) is 6.17. The first kappa shape index (κ1) is 16.0. The van der Waals surface area contributed by atoms with Crippen molar-refractivity contribution in [1.29, 1.82) is 0 Å². The predicted octanol–water partition coefficient (Wildman–Crippen LogP) is 0.0704. The molecule has 0 bridgehead atoms. The van der Waals surface area contributed by atoms with Gasteiger partial charge in [0.15, 0.2) is 0 Å². The van der Waals surface area contributed by atoms with Crippen LogP contribution in [-0.4, -0.2) is 39.6 Å². The molecule has 1 heterocycles. The second kappa shape index (κ2) is 6.60. The Labute approximate surface area is 127 Å². The standard InChI is InChI=1S/C14H13NO6S/c1-2-8-15-22(18,19)11-5-3-10(4-6-11)13(16)21-12-7-9-20-14(12)17/h1,3-6,12,15H,7-9H2/t12-/m1/s1. The molecule has 0 aliphatic carbocycles. The van der Waals surface area contributed by atoms with E-state index in [-0.39, 0.29) is 23.6 Å². The molecular formula is C14H13NO6S. The molecule has 22 heavy (non-hydrogen) atoms. The number of sulfonamides is 1. The minimum atomic E-state index is -3.71. The molecule has 2 rings (SSSR count). The quantitative estimate of drug-likeness (QED) is 0.608. The SMILES string of the molecule is C#CCNS(=O)(=O)c1ccc(C(=O)O[C@@H]2CCOC2=O)cc1. The van der Waals surface area contributed by atoms with Gasteiger partial charge in [0.25, 0.3) is 0 Å². The molecule has 1 aliphatic heterocycles. The molecule has 1 aromatic carbocycles. The maximum absolute atomic E-state index is 11.9. The lowest BCUT2D eigenvalue weighted by Gasteiger charge is -2.09. The fraction of sp³-hybridized carbons (Fsp3) is 0.286.